The van der Waals surface area contributed by atoms with Gasteiger partial charge in [0.25, 0.3) is 0 Å². The average Bonchev–Trinajstić information content (AvgIpc) is 3.36. The summed E-state index contributed by atoms with van der Waals surface area (Å²) in [7, 11) is 5.92. The van der Waals surface area contributed by atoms with E-state index in [4.69, 9.17) is 18.9 Å². The molecule has 2 atom stereocenters. The lowest BCUT2D eigenvalue weighted by Gasteiger charge is -2.26. The molecule has 0 aromatic rings. The van der Waals surface area contributed by atoms with Gasteiger partial charge in [-0.15, -0.1) is 0 Å². The molecular formula is C64H111NO8. The van der Waals surface area contributed by atoms with Crippen molar-refractivity contribution in [2.24, 2.45) is 0 Å². The molecule has 0 aromatic heterocycles. The zero-order valence-electron chi connectivity index (χ0n) is 47.7. The Morgan fingerprint density at radius 3 is 1.16 bits per heavy atom. The van der Waals surface area contributed by atoms with Gasteiger partial charge in [0.05, 0.1) is 40.3 Å². The van der Waals surface area contributed by atoms with Crippen LogP contribution in [-0.4, -0.2) is 82.3 Å². The number of carbonyl (C=O) groups excluding carboxylic acids is 3. The number of carboxylic acid groups (broad SMARTS) is 1. The Bertz CT molecular complexity index is 1470. The molecule has 0 saturated carbocycles. The molecule has 0 radical (unpaired) electrons. The van der Waals surface area contributed by atoms with Crippen LogP contribution in [0.1, 0.15) is 245 Å². The highest BCUT2D eigenvalue weighted by atomic mass is 16.7. The van der Waals surface area contributed by atoms with Gasteiger partial charge in [-0.25, -0.2) is 0 Å². The van der Waals surface area contributed by atoms with Gasteiger partial charge in [0.2, 0.25) is 0 Å². The Morgan fingerprint density at radius 2 is 0.781 bits per heavy atom. The summed E-state index contributed by atoms with van der Waals surface area (Å²) in [4.78, 5) is 37.3. The van der Waals surface area contributed by atoms with E-state index in [0.717, 1.165) is 89.9 Å². The van der Waals surface area contributed by atoms with Gasteiger partial charge in [0.15, 0.2) is 12.4 Å². The van der Waals surface area contributed by atoms with Crippen molar-refractivity contribution >= 4 is 17.9 Å². The molecule has 420 valence electrons. The number of aliphatic carboxylic acids is 1. The van der Waals surface area contributed by atoms with Gasteiger partial charge in [-0.1, -0.05) is 227 Å². The second kappa shape index (κ2) is 54.7. The molecule has 0 rings (SSSR count). The van der Waals surface area contributed by atoms with E-state index in [2.05, 4.69) is 98.9 Å². The van der Waals surface area contributed by atoms with Crippen LogP contribution in [0.4, 0.5) is 0 Å². The van der Waals surface area contributed by atoms with Crippen molar-refractivity contribution < 1.29 is 42.9 Å². The summed E-state index contributed by atoms with van der Waals surface area (Å²) in [6.45, 7) is 4.62. The molecule has 0 bridgehead atoms. The fourth-order valence-corrected chi connectivity index (χ4v) is 8.06. The van der Waals surface area contributed by atoms with Crippen LogP contribution < -0.4 is 5.11 Å². The number of rotatable bonds is 54. The molecule has 73 heavy (non-hydrogen) atoms. The maximum Gasteiger partial charge on any atom is 0.306 e. The first kappa shape index (κ1) is 69.5. The predicted octanol–water partition coefficient (Wildman–Crippen LogP) is 16.2. The molecule has 9 nitrogen and oxygen atoms in total. The van der Waals surface area contributed by atoms with Crippen molar-refractivity contribution in [1.29, 1.82) is 0 Å². The van der Waals surface area contributed by atoms with Gasteiger partial charge < -0.3 is 33.3 Å². The van der Waals surface area contributed by atoms with E-state index >= 15 is 0 Å². The first-order chi connectivity index (χ1) is 35.6. The van der Waals surface area contributed by atoms with Gasteiger partial charge >= 0.3 is 11.9 Å². The van der Waals surface area contributed by atoms with Gasteiger partial charge in [-0.2, -0.15) is 0 Å². The molecule has 0 fully saturated rings. The van der Waals surface area contributed by atoms with Crippen LogP contribution in [0.25, 0.3) is 0 Å². The number of ether oxygens (including phenoxy) is 4. The molecule has 0 heterocycles. The smallest absolute Gasteiger partial charge is 0.306 e. The van der Waals surface area contributed by atoms with E-state index in [1.165, 1.54) is 122 Å². The van der Waals surface area contributed by atoms with Gasteiger partial charge in [-0.05, 0) is 89.9 Å². The minimum atomic E-state index is -1.63. The van der Waals surface area contributed by atoms with E-state index in [0.29, 0.717) is 17.4 Å². The SMILES string of the molecule is CC/C=C\C/C=C\C/C=C\C/C=C\CCCCCCCCCCCCCCC(=O)OC(COC(=O)CCCCCCCCCC/C=C\C/C=C\C/C=C\CCCCCCC)COC(OCC[N+](C)(C)C)C(=O)[O-]. The number of hydrogen-bond donors (Lipinski definition) is 0. The summed E-state index contributed by atoms with van der Waals surface area (Å²) in [6, 6.07) is 0. The lowest BCUT2D eigenvalue weighted by atomic mass is 10.0. The second-order valence-electron chi connectivity index (χ2n) is 20.9. The number of allylic oxidation sites excluding steroid dienone is 14. The molecular weight excluding hydrogens is 911 g/mol. The van der Waals surface area contributed by atoms with E-state index in [-0.39, 0.29) is 38.6 Å². The van der Waals surface area contributed by atoms with E-state index < -0.39 is 24.3 Å². The molecule has 0 saturated heterocycles. The van der Waals surface area contributed by atoms with E-state index in [9.17, 15) is 19.5 Å². The van der Waals surface area contributed by atoms with E-state index in [1.54, 1.807) is 0 Å². The highest BCUT2D eigenvalue weighted by Gasteiger charge is 2.22. The summed E-state index contributed by atoms with van der Waals surface area (Å²) in [5.41, 5.74) is 0. The minimum Gasteiger partial charge on any atom is -0.545 e. The molecule has 0 aliphatic rings. The normalized spacial score (nSPS) is 13.4. The number of hydrogen-bond acceptors (Lipinski definition) is 8. The number of likely N-dealkylation sites (N-methyl/N-ethyl adjacent to an activating group) is 1. The number of nitrogens with zero attached hydrogens (tertiary/aromatic N) is 1. The largest absolute Gasteiger partial charge is 0.545 e. The Hall–Kier alpha value is -3.53. The first-order valence-corrected chi connectivity index (χ1v) is 29.7. The van der Waals surface area contributed by atoms with Crippen LogP contribution in [0.3, 0.4) is 0 Å². The van der Waals surface area contributed by atoms with Crippen molar-refractivity contribution in [1.82, 2.24) is 0 Å². The third-order valence-electron chi connectivity index (χ3n) is 12.6. The fourth-order valence-electron chi connectivity index (χ4n) is 8.06. The maximum atomic E-state index is 12.9. The zero-order chi connectivity index (χ0) is 53.4. The molecule has 2 unspecified atom stereocenters. The highest BCUT2D eigenvalue weighted by molar-refractivity contribution is 5.70. The quantitative estimate of drug-likeness (QED) is 0.0195. The van der Waals surface area contributed by atoms with Crippen LogP contribution >= 0.6 is 0 Å². The monoisotopic (exact) mass is 1020 g/mol. The topological polar surface area (TPSA) is 111 Å². The summed E-state index contributed by atoms with van der Waals surface area (Å²) >= 11 is 0. The Kier molecular flexibility index (Phi) is 52.1. The van der Waals surface area contributed by atoms with Crippen LogP contribution in [-0.2, 0) is 33.3 Å². The minimum absolute atomic E-state index is 0.143. The van der Waals surface area contributed by atoms with Gasteiger partial charge in [0.1, 0.15) is 13.2 Å². The summed E-state index contributed by atoms with van der Waals surface area (Å²) in [6.07, 6.45) is 69.1. The predicted molar refractivity (Wildman–Crippen MR) is 306 cm³/mol. The molecule has 9 heteroatoms. The Balaban J connectivity index is 4.26. The van der Waals surface area contributed by atoms with Crippen molar-refractivity contribution in [3.63, 3.8) is 0 Å². The lowest BCUT2D eigenvalue weighted by Crippen LogP contribution is -2.44. The number of quaternary nitrogens is 1. The Labute approximate surface area is 449 Å². The third-order valence-corrected chi connectivity index (χ3v) is 12.6. The molecule has 0 N–H and O–H groups in total. The first-order valence-electron chi connectivity index (χ1n) is 29.7. The van der Waals surface area contributed by atoms with Crippen molar-refractivity contribution in [2.45, 2.75) is 257 Å². The highest BCUT2D eigenvalue weighted by Crippen LogP contribution is 2.16. The molecule has 0 spiro atoms. The van der Waals surface area contributed by atoms with Crippen LogP contribution in [0.5, 0.6) is 0 Å². The summed E-state index contributed by atoms with van der Waals surface area (Å²) < 4.78 is 22.7. The summed E-state index contributed by atoms with van der Waals surface area (Å²) in [5.74, 6) is -2.30. The number of carbonyl (C=O) groups is 3. The zero-order valence-corrected chi connectivity index (χ0v) is 47.7. The summed E-state index contributed by atoms with van der Waals surface area (Å²) in [5, 5.41) is 11.8. The number of unbranched alkanes of at least 4 members (excludes halogenated alkanes) is 25. The second-order valence-corrected chi connectivity index (χ2v) is 20.9. The molecule has 0 aromatic carbocycles. The number of carboxylic acids is 1. The average molecular weight is 1020 g/mol. The lowest BCUT2D eigenvalue weighted by molar-refractivity contribution is -0.870. The fraction of sp³-hybridized carbons (Fsp3) is 0.734. The standard InChI is InChI=1S/C64H111NO8/c1-6-8-10-12-14-16-18-20-22-24-26-28-30-31-33-35-37-39-41-43-45-47-49-51-53-55-62(67)73-60(59-72-64(63(68)69)70-57-56-65(3,4)5)58-71-61(66)54-52-50-48-46-44-42-40-38-36-34-32-29-27-25-23-21-19-17-15-13-11-9-7-2/h8,10,14,16,19-22,25-28,32,34,60,64H,6-7,9,11-13,15,17-18,23-24,29-31,33,35-59H2,1-5H3/b10-8-,16-14-,21-19-,22-20-,27-25-,28-26-,34-32-. The maximum absolute atomic E-state index is 12.9. The van der Waals surface area contributed by atoms with E-state index in [1.807, 2.05) is 21.1 Å². The van der Waals surface area contributed by atoms with Crippen molar-refractivity contribution in [2.75, 3.05) is 47.5 Å². The number of esters is 2. The van der Waals surface area contributed by atoms with Crippen LogP contribution in [0.15, 0.2) is 85.1 Å². The Morgan fingerprint density at radius 1 is 0.425 bits per heavy atom. The molecule has 0 aliphatic carbocycles. The molecule has 0 aliphatic heterocycles. The van der Waals surface area contributed by atoms with Gasteiger partial charge in [0, 0.05) is 12.8 Å². The van der Waals surface area contributed by atoms with Gasteiger partial charge in [-0.3, -0.25) is 9.59 Å². The van der Waals surface area contributed by atoms with Crippen molar-refractivity contribution in [3.8, 4) is 0 Å². The van der Waals surface area contributed by atoms with Crippen LogP contribution in [0, 0.1) is 0 Å². The third kappa shape index (κ3) is 56.0. The molecule has 0 amide bonds. The van der Waals surface area contributed by atoms with Crippen molar-refractivity contribution in [3.05, 3.63) is 85.1 Å². The van der Waals surface area contributed by atoms with Crippen LogP contribution in [0.2, 0.25) is 0 Å².